The first-order chi connectivity index (χ1) is 18.0. The van der Waals surface area contributed by atoms with E-state index in [2.05, 4.69) is 64.1 Å². The summed E-state index contributed by atoms with van der Waals surface area (Å²) in [7, 11) is 4.30. The minimum absolute atomic E-state index is 0.578. The highest BCUT2D eigenvalue weighted by atomic mass is 15.3. The molecule has 0 radical (unpaired) electrons. The van der Waals surface area contributed by atoms with Gasteiger partial charge in [-0.25, -0.2) is 9.97 Å². The molecular weight excluding hydrogens is 458 g/mol. The van der Waals surface area contributed by atoms with E-state index in [0.29, 0.717) is 11.6 Å². The number of aliphatic imine (C=N–C) groups is 1. The van der Waals surface area contributed by atoms with Gasteiger partial charge in [-0.1, -0.05) is 36.9 Å². The minimum atomic E-state index is 0.578. The van der Waals surface area contributed by atoms with Crippen LogP contribution in [0.5, 0.6) is 0 Å². The van der Waals surface area contributed by atoms with Crippen LogP contribution in [0.2, 0.25) is 0 Å². The molecule has 186 valence electrons. The number of allylic oxidation sites excluding steroid dienone is 1. The number of piperidine rings is 1. The summed E-state index contributed by atoms with van der Waals surface area (Å²) in [4.78, 5) is 19.3. The highest BCUT2D eigenvalue weighted by molar-refractivity contribution is 5.92. The van der Waals surface area contributed by atoms with Crippen molar-refractivity contribution in [1.29, 1.82) is 5.26 Å². The van der Waals surface area contributed by atoms with E-state index in [1.165, 1.54) is 0 Å². The molecule has 4 aromatic rings. The summed E-state index contributed by atoms with van der Waals surface area (Å²) < 4.78 is 2.10. The van der Waals surface area contributed by atoms with Gasteiger partial charge in [0.25, 0.3) is 0 Å². The largest absolute Gasteiger partial charge is 0.342 e. The van der Waals surface area contributed by atoms with Gasteiger partial charge in [0.05, 0.1) is 28.6 Å². The van der Waals surface area contributed by atoms with Crippen molar-refractivity contribution in [3.05, 3.63) is 78.6 Å². The molecule has 1 aliphatic rings. The Bertz CT molecular complexity index is 1500. The summed E-state index contributed by atoms with van der Waals surface area (Å²) in [5.41, 5.74) is 7.14. The van der Waals surface area contributed by atoms with E-state index in [-0.39, 0.29) is 0 Å². The van der Waals surface area contributed by atoms with Gasteiger partial charge in [-0.2, -0.15) is 5.26 Å². The molecule has 0 unspecified atom stereocenters. The van der Waals surface area contributed by atoms with E-state index in [4.69, 9.17) is 9.97 Å². The number of hydrogen-bond donors (Lipinski definition) is 0. The number of rotatable bonds is 6. The second kappa shape index (κ2) is 10.4. The average Bonchev–Trinajstić information content (AvgIpc) is 3.42. The van der Waals surface area contributed by atoms with Crippen molar-refractivity contribution in [2.45, 2.75) is 25.8 Å². The van der Waals surface area contributed by atoms with Crippen LogP contribution in [-0.2, 0) is 0 Å². The van der Waals surface area contributed by atoms with Crippen LogP contribution < -0.4 is 4.90 Å². The molecule has 0 bridgehead atoms. The molecule has 1 fully saturated rings. The van der Waals surface area contributed by atoms with Gasteiger partial charge in [0.1, 0.15) is 5.65 Å². The first kappa shape index (κ1) is 24.4. The Morgan fingerprint density at radius 2 is 1.84 bits per heavy atom. The number of benzene rings is 2. The Labute approximate surface area is 218 Å². The zero-order valence-corrected chi connectivity index (χ0v) is 21.6. The number of hydrogen-bond acceptors (Lipinski definition) is 6. The van der Waals surface area contributed by atoms with E-state index < -0.39 is 0 Å². The summed E-state index contributed by atoms with van der Waals surface area (Å²) in [6, 6.07) is 16.7. The Morgan fingerprint density at radius 1 is 1.11 bits per heavy atom. The molecule has 0 atom stereocenters. The molecular formula is C30H31N7. The predicted molar refractivity (Wildman–Crippen MR) is 151 cm³/mol. The van der Waals surface area contributed by atoms with Crippen molar-refractivity contribution < 1.29 is 0 Å². The van der Waals surface area contributed by atoms with E-state index in [1.54, 1.807) is 12.3 Å². The lowest BCUT2D eigenvalue weighted by Gasteiger charge is -2.36. The molecule has 7 heteroatoms. The molecule has 7 nitrogen and oxygen atoms in total. The molecule has 2 aromatic heterocycles. The molecule has 5 rings (SSSR count). The van der Waals surface area contributed by atoms with Crippen LogP contribution in [0.3, 0.4) is 0 Å². The predicted octanol–water partition coefficient (Wildman–Crippen LogP) is 5.66. The Balaban J connectivity index is 1.71. The van der Waals surface area contributed by atoms with Gasteiger partial charge in [0.2, 0.25) is 5.95 Å². The lowest BCUT2D eigenvalue weighted by Crippen LogP contribution is -2.43. The lowest BCUT2D eigenvalue weighted by atomic mass is 9.97. The van der Waals surface area contributed by atoms with E-state index in [9.17, 15) is 5.26 Å². The molecule has 3 heterocycles. The third-order valence-corrected chi connectivity index (χ3v) is 7.11. The van der Waals surface area contributed by atoms with E-state index >= 15 is 0 Å². The second-order valence-electron chi connectivity index (χ2n) is 9.64. The quantitative estimate of drug-likeness (QED) is 0.327. The minimum Gasteiger partial charge on any atom is -0.342 e. The van der Waals surface area contributed by atoms with Gasteiger partial charge in [-0.15, -0.1) is 0 Å². The third-order valence-electron chi connectivity index (χ3n) is 7.11. The fourth-order valence-electron chi connectivity index (χ4n) is 4.99. The summed E-state index contributed by atoms with van der Waals surface area (Å²) in [6.45, 7) is 7.66. The zero-order valence-electron chi connectivity index (χ0n) is 21.6. The van der Waals surface area contributed by atoms with Crippen LogP contribution in [0.25, 0.3) is 28.0 Å². The smallest absolute Gasteiger partial charge is 0.211 e. The standard InChI is InChI=1S/C30H31N7/c1-5-14-32-26-19-24(9-6-21(26)2)27-28(23-10-7-22(20-31)8-11-23)34-30(37-18-15-33-29(27)37)36-16-12-25(13-17-36)35(3)4/h5-11,14-15,18-19,25H,1,12-13,16-17H2,2-4H3/b32-14-. The molecule has 37 heavy (non-hydrogen) atoms. The average molecular weight is 490 g/mol. The number of aromatic nitrogens is 3. The summed E-state index contributed by atoms with van der Waals surface area (Å²) in [6.07, 6.45) is 9.38. The Morgan fingerprint density at radius 3 is 2.51 bits per heavy atom. The van der Waals surface area contributed by atoms with Crippen LogP contribution in [0.4, 0.5) is 11.6 Å². The fraction of sp³-hybridized carbons (Fsp3) is 0.267. The topological polar surface area (TPSA) is 72.8 Å². The number of fused-ring (bicyclic) bond motifs is 1. The highest BCUT2D eigenvalue weighted by Gasteiger charge is 2.26. The number of anilines is 1. The summed E-state index contributed by atoms with van der Waals surface area (Å²) in [5.74, 6) is 0.893. The summed E-state index contributed by atoms with van der Waals surface area (Å²) >= 11 is 0. The van der Waals surface area contributed by atoms with Gasteiger partial charge in [-0.3, -0.25) is 9.39 Å². The van der Waals surface area contributed by atoms with Crippen LogP contribution in [0.15, 0.2) is 72.5 Å². The van der Waals surface area contributed by atoms with Gasteiger partial charge >= 0.3 is 0 Å². The maximum atomic E-state index is 9.34. The normalized spacial score (nSPS) is 14.5. The van der Waals surface area contributed by atoms with Gasteiger partial charge in [0, 0.05) is 43.3 Å². The molecule has 0 spiro atoms. The summed E-state index contributed by atoms with van der Waals surface area (Å²) in [5, 5.41) is 9.34. The Hall–Kier alpha value is -4.28. The van der Waals surface area contributed by atoms with E-state index in [0.717, 1.165) is 71.2 Å². The van der Waals surface area contributed by atoms with Crippen LogP contribution in [0, 0.1) is 18.3 Å². The number of nitrogens with zero attached hydrogens (tertiary/aromatic N) is 7. The van der Waals surface area contributed by atoms with Gasteiger partial charge < -0.3 is 9.80 Å². The first-order valence-electron chi connectivity index (χ1n) is 12.5. The molecule has 0 saturated carbocycles. The van der Waals surface area contributed by atoms with Crippen molar-refractivity contribution in [2.24, 2.45) is 4.99 Å². The van der Waals surface area contributed by atoms with Crippen molar-refractivity contribution >= 4 is 23.5 Å². The van der Waals surface area contributed by atoms with Crippen molar-refractivity contribution in [3.63, 3.8) is 0 Å². The molecule has 1 saturated heterocycles. The van der Waals surface area contributed by atoms with Crippen LogP contribution in [0.1, 0.15) is 24.0 Å². The highest BCUT2D eigenvalue weighted by Crippen LogP contribution is 2.38. The maximum absolute atomic E-state index is 9.34. The fourth-order valence-corrected chi connectivity index (χ4v) is 4.99. The van der Waals surface area contributed by atoms with Gasteiger partial charge in [0.15, 0.2) is 0 Å². The molecule has 2 aromatic carbocycles. The molecule has 1 aliphatic heterocycles. The monoisotopic (exact) mass is 489 g/mol. The first-order valence-corrected chi connectivity index (χ1v) is 12.5. The van der Waals surface area contributed by atoms with Crippen molar-refractivity contribution in [1.82, 2.24) is 19.3 Å². The van der Waals surface area contributed by atoms with Crippen molar-refractivity contribution in [2.75, 3.05) is 32.1 Å². The molecule has 0 amide bonds. The van der Waals surface area contributed by atoms with Crippen molar-refractivity contribution in [3.8, 4) is 28.5 Å². The number of nitriles is 1. The second-order valence-corrected chi connectivity index (χ2v) is 9.64. The molecule has 0 aliphatic carbocycles. The molecule has 0 N–H and O–H groups in total. The number of imidazole rings is 1. The number of aryl methyl sites for hydroxylation is 1. The maximum Gasteiger partial charge on any atom is 0.211 e. The van der Waals surface area contributed by atoms with Gasteiger partial charge in [-0.05, 0) is 63.2 Å². The third kappa shape index (κ3) is 4.76. The van der Waals surface area contributed by atoms with Crippen LogP contribution in [-0.4, -0.2) is 58.7 Å². The van der Waals surface area contributed by atoms with E-state index in [1.807, 2.05) is 43.6 Å². The SMILES string of the molecule is C=C/C=N\c1cc(-c2c(-c3ccc(C#N)cc3)nc(N3CCC(N(C)C)CC3)n3ccnc23)ccc1C. The lowest BCUT2D eigenvalue weighted by molar-refractivity contribution is 0.249. The zero-order chi connectivity index (χ0) is 25.9. The Kier molecular flexibility index (Phi) is 6.85. The van der Waals surface area contributed by atoms with Crippen LogP contribution >= 0.6 is 0 Å².